The van der Waals surface area contributed by atoms with Crippen molar-refractivity contribution in [1.82, 2.24) is 9.97 Å². The van der Waals surface area contributed by atoms with Gasteiger partial charge in [-0.2, -0.15) is 13.2 Å². The minimum Gasteiger partial charge on any atom is -0.356 e. The Morgan fingerprint density at radius 1 is 1.12 bits per heavy atom. The lowest BCUT2D eigenvalue weighted by molar-refractivity contribution is -0.168. The molecule has 8 heteroatoms. The average Bonchev–Trinajstić information content (AvgIpc) is 2.45. The molecule has 0 radical (unpaired) electrons. The van der Waals surface area contributed by atoms with Gasteiger partial charge in [0.1, 0.15) is 17.2 Å². The molecule has 0 saturated heterocycles. The molecule has 2 aromatic heterocycles. The van der Waals surface area contributed by atoms with E-state index in [1.54, 1.807) is 0 Å². The van der Waals surface area contributed by atoms with Crippen molar-refractivity contribution in [2.75, 3.05) is 5.32 Å². The van der Waals surface area contributed by atoms with Crippen LogP contribution in [0.3, 0.4) is 0 Å². The van der Waals surface area contributed by atoms with Gasteiger partial charge >= 0.3 is 6.18 Å². The number of pyridine rings is 2. The molecule has 0 fully saturated rings. The lowest BCUT2D eigenvalue weighted by Gasteiger charge is -2.30. The summed E-state index contributed by atoms with van der Waals surface area (Å²) in [4.78, 5) is 18.6. The first-order valence-electron chi connectivity index (χ1n) is 7.06. The fourth-order valence-corrected chi connectivity index (χ4v) is 2.39. The normalized spacial score (nSPS) is 12.8. The van der Waals surface area contributed by atoms with Crippen LogP contribution in [-0.2, 0) is 0 Å². The molecule has 4 nitrogen and oxygen atoms in total. The minimum atomic E-state index is -4.52. The van der Waals surface area contributed by atoms with Crippen molar-refractivity contribution in [3.8, 4) is 0 Å². The highest BCUT2D eigenvalue weighted by Gasteiger charge is 2.47. The highest BCUT2D eigenvalue weighted by atomic mass is 19.4. The first-order chi connectivity index (χ1) is 11.1. The van der Waals surface area contributed by atoms with Gasteiger partial charge in [0.2, 0.25) is 0 Å². The molecule has 0 aliphatic rings. The number of nitrogens with one attached hydrogen (secondary N) is 2. The number of aromatic nitrogens is 2. The molecule has 0 bridgehead atoms. The molecule has 0 atom stereocenters. The number of aromatic amines is 1. The van der Waals surface area contributed by atoms with Gasteiger partial charge < -0.3 is 10.3 Å². The minimum absolute atomic E-state index is 0.0644. The standard InChI is InChI=1S/C16H13F4N3O/c1-15(2,16(18,19)20)23-13-9-4-3-8(17)7-10(9)12-11(22-13)5-6-21-14(12)24/h3-7H,1-2H3,(H,21,24)(H,22,23). The van der Waals surface area contributed by atoms with Crippen molar-refractivity contribution in [1.29, 1.82) is 0 Å². The number of halogens is 4. The number of rotatable bonds is 2. The third-order valence-corrected chi connectivity index (χ3v) is 3.82. The predicted octanol–water partition coefficient (Wildman–Crippen LogP) is 3.97. The van der Waals surface area contributed by atoms with Crippen molar-refractivity contribution >= 4 is 27.5 Å². The van der Waals surface area contributed by atoms with Crippen LogP contribution in [0.4, 0.5) is 23.4 Å². The highest BCUT2D eigenvalue weighted by molar-refractivity contribution is 6.09. The molecule has 0 spiro atoms. The van der Waals surface area contributed by atoms with E-state index in [-0.39, 0.29) is 27.5 Å². The summed E-state index contributed by atoms with van der Waals surface area (Å²) >= 11 is 0. The Hall–Kier alpha value is -2.64. The van der Waals surface area contributed by atoms with Gasteiger partial charge in [0.15, 0.2) is 0 Å². The quantitative estimate of drug-likeness (QED) is 0.549. The molecule has 3 rings (SSSR count). The van der Waals surface area contributed by atoms with E-state index in [2.05, 4.69) is 15.3 Å². The predicted molar refractivity (Wildman–Crippen MR) is 83.6 cm³/mol. The number of fused-ring (bicyclic) bond motifs is 3. The van der Waals surface area contributed by atoms with Gasteiger partial charge in [-0.1, -0.05) is 0 Å². The summed E-state index contributed by atoms with van der Waals surface area (Å²) in [7, 11) is 0. The summed E-state index contributed by atoms with van der Waals surface area (Å²) in [5, 5.41) is 2.92. The smallest absolute Gasteiger partial charge is 0.356 e. The van der Waals surface area contributed by atoms with Crippen molar-refractivity contribution < 1.29 is 17.6 Å². The Balaban J connectivity index is 2.34. The fourth-order valence-electron chi connectivity index (χ4n) is 2.39. The molecular weight excluding hydrogens is 326 g/mol. The zero-order valence-corrected chi connectivity index (χ0v) is 12.8. The van der Waals surface area contributed by atoms with Gasteiger partial charge in [-0.25, -0.2) is 9.37 Å². The summed E-state index contributed by atoms with van der Waals surface area (Å²) in [5.41, 5.74) is -2.56. The maximum absolute atomic E-state index is 13.6. The van der Waals surface area contributed by atoms with E-state index in [1.807, 2.05) is 0 Å². The second-order valence-corrected chi connectivity index (χ2v) is 5.97. The molecule has 0 unspecified atom stereocenters. The zero-order chi connectivity index (χ0) is 17.7. The molecule has 2 N–H and O–H groups in total. The van der Waals surface area contributed by atoms with Gasteiger partial charge in [-0.05, 0) is 38.1 Å². The molecular formula is C16H13F4N3O. The van der Waals surface area contributed by atoms with Crippen LogP contribution in [0.15, 0.2) is 35.3 Å². The first-order valence-corrected chi connectivity index (χ1v) is 7.06. The maximum atomic E-state index is 13.6. The molecule has 0 aliphatic heterocycles. The van der Waals surface area contributed by atoms with E-state index in [4.69, 9.17) is 0 Å². The Labute approximate surface area is 133 Å². The van der Waals surface area contributed by atoms with Crippen LogP contribution in [0.2, 0.25) is 0 Å². The number of nitrogens with zero attached hydrogens (tertiary/aromatic N) is 1. The van der Waals surface area contributed by atoms with Crippen molar-refractivity contribution in [3.63, 3.8) is 0 Å². The molecule has 1 aromatic carbocycles. The Morgan fingerprint density at radius 3 is 2.50 bits per heavy atom. The van der Waals surface area contributed by atoms with Gasteiger partial charge in [0.25, 0.3) is 5.56 Å². The lowest BCUT2D eigenvalue weighted by Crippen LogP contribution is -2.46. The molecule has 126 valence electrons. The van der Waals surface area contributed by atoms with E-state index in [0.29, 0.717) is 0 Å². The topological polar surface area (TPSA) is 57.8 Å². The lowest BCUT2D eigenvalue weighted by atomic mass is 10.0. The first kappa shape index (κ1) is 16.2. The highest BCUT2D eigenvalue weighted by Crippen LogP contribution is 2.35. The molecule has 3 aromatic rings. The molecule has 2 heterocycles. The van der Waals surface area contributed by atoms with Crippen molar-refractivity contribution in [2.24, 2.45) is 0 Å². The second kappa shape index (κ2) is 5.19. The summed E-state index contributed by atoms with van der Waals surface area (Å²) < 4.78 is 53.1. The SMILES string of the molecule is CC(C)(Nc1nc2cc[nH]c(=O)c2c2cc(F)ccc12)C(F)(F)F. The molecule has 0 amide bonds. The number of H-pyrrole nitrogens is 1. The zero-order valence-electron chi connectivity index (χ0n) is 12.8. The van der Waals surface area contributed by atoms with Crippen LogP contribution >= 0.6 is 0 Å². The van der Waals surface area contributed by atoms with E-state index in [1.165, 1.54) is 18.3 Å². The maximum Gasteiger partial charge on any atom is 0.410 e. The molecule has 0 aliphatic carbocycles. The van der Waals surface area contributed by atoms with Gasteiger partial charge in [-0.15, -0.1) is 0 Å². The van der Waals surface area contributed by atoms with Crippen LogP contribution in [0.1, 0.15) is 13.8 Å². The fraction of sp³-hybridized carbons (Fsp3) is 0.250. The summed E-state index contributed by atoms with van der Waals surface area (Å²) in [5.74, 6) is -0.662. The van der Waals surface area contributed by atoms with E-state index in [0.717, 1.165) is 26.0 Å². The number of anilines is 1. The van der Waals surface area contributed by atoms with E-state index in [9.17, 15) is 22.4 Å². The van der Waals surface area contributed by atoms with Crippen LogP contribution in [0, 0.1) is 5.82 Å². The van der Waals surface area contributed by atoms with Gasteiger partial charge in [0.05, 0.1) is 10.9 Å². The van der Waals surface area contributed by atoms with E-state index >= 15 is 0 Å². The Morgan fingerprint density at radius 2 is 1.83 bits per heavy atom. The third kappa shape index (κ3) is 2.57. The van der Waals surface area contributed by atoms with Gasteiger partial charge in [0, 0.05) is 17.0 Å². The Bertz CT molecular complexity index is 992. The molecule has 24 heavy (non-hydrogen) atoms. The second-order valence-electron chi connectivity index (χ2n) is 5.97. The summed E-state index contributed by atoms with van der Waals surface area (Å²) in [6, 6.07) is 4.98. The number of hydrogen-bond donors (Lipinski definition) is 2. The number of hydrogen-bond acceptors (Lipinski definition) is 3. The van der Waals surface area contributed by atoms with Crippen LogP contribution < -0.4 is 10.9 Å². The third-order valence-electron chi connectivity index (χ3n) is 3.82. The molecule has 0 saturated carbocycles. The van der Waals surface area contributed by atoms with Crippen molar-refractivity contribution in [2.45, 2.75) is 25.6 Å². The van der Waals surface area contributed by atoms with Crippen LogP contribution in [0.25, 0.3) is 21.7 Å². The van der Waals surface area contributed by atoms with Gasteiger partial charge in [-0.3, -0.25) is 4.79 Å². The summed E-state index contributed by atoms with van der Waals surface area (Å²) in [6.07, 6.45) is -3.19. The largest absolute Gasteiger partial charge is 0.410 e. The summed E-state index contributed by atoms with van der Waals surface area (Å²) in [6.45, 7) is 1.96. The number of alkyl halides is 3. The Kier molecular flexibility index (Phi) is 3.51. The number of benzene rings is 1. The van der Waals surface area contributed by atoms with E-state index < -0.39 is 23.1 Å². The van der Waals surface area contributed by atoms with Crippen LogP contribution in [-0.4, -0.2) is 21.7 Å². The monoisotopic (exact) mass is 339 g/mol. The van der Waals surface area contributed by atoms with Crippen LogP contribution in [0.5, 0.6) is 0 Å². The van der Waals surface area contributed by atoms with Crippen molar-refractivity contribution in [3.05, 3.63) is 46.6 Å². The average molecular weight is 339 g/mol.